The number of H-pyrrole nitrogens is 1. The van der Waals surface area contributed by atoms with Crippen LogP contribution in [0.5, 0.6) is 0 Å². The number of halogens is 1. The van der Waals surface area contributed by atoms with Crippen LogP contribution >= 0.6 is 23.4 Å². The molecular formula is C17H14ClNO2S. The van der Waals surface area contributed by atoms with Crippen LogP contribution in [0.15, 0.2) is 53.6 Å². The van der Waals surface area contributed by atoms with E-state index in [4.69, 9.17) is 16.3 Å². The average Bonchev–Trinajstić information content (AvgIpc) is 2.90. The summed E-state index contributed by atoms with van der Waals surface area (Å²) in [7, 11) is 1.39. The molecule has 0 radical (unpaired) electrons. The Kier molecular flexibility index (Phi) is 4.41. The lowest BCUT2D eigenvalue weighted by atomic mass is 10.1. The van der Waals surface area contributed by atoms with Gasteiger partial charge in [0.1, 0.15) is 0 Å². The maximum atomic E-state index is 11.4. The number of benzene rings is 2. The fraction of sp³-hybridized carbons (Fsp3) is 0.118. The minimum absolute atomic E-state index is 0.249. The second-order valence-corrected chi connectivity index (χ2v) is 6.17. The molecule has 3 nitrogen and oxygen atoms in total. The number of rotatable bonds is 4. The van der Waals surface area contributed by atoms with E-state index in [1.54, 1.807) is 0 Å². The standard InChI is InChI=1S/C17H14ClNO2S/c1-21-15(20)10-22-17-16(11-5-3-2-4-6-11)13-9-12(18)7-8-14(13)19-17/h2-9,19H,10H2,1H3. The first kappa shape index (κ1) is 15.0. The number of aromatic nitrogens is 1. The number of thioether (sulfide) groups is 1. The van der Waals surface area contributed by atoms with Gasteiger partial charge in [-0.2, -0.15) is 0 Å². The molecule has 0 fully saturated rings. The molecule has 1 aromatic heterocycles. The summed E-state index contributed by atoms with van der Waals surface area (Å²) in [4.78, 5) is 14.8. The summed E-state index contributed by atoms with van der Waals surface area (Å²) in [5, 5.41) is 2.67. The number of methoxy groups -OCH3 is 1. The summed E-state index contributed by atoms with van der Waals surface area (Å²) >= 11 is 7.58. The first-order valence-corrected chi connectivity index (χ1v) is 8.11. The van der Waals surface area contributed by atoms with E-state index in [1.807, 2.05) is 48.5 Å². The van der Waals surface area contributed by atoms with Gasteiger partial charge in [-0.1, -0.05) is 53.7 Å². The molecule has 0 saturated carbocycles. The maximum Gasteiger partial charge on any atom is 0.316 e. The zero-order valence-corrected chi connectivity index (χ0v) is 13.5. The molecule has 0 aliphatic carbocycles. The van der Waals surface area contributed by atoms with Gasteiger partial charge in [0.05, 0.1) is 17.9 Å². The molecule has 0 bridgehead atoms. The van der Waals surface area contributed by atoms with E-state index in [1.165, 1.54) is 18.9 Å². The lowest BCUT2D eigenvalue weighted by Crippen LogP contribution is -2.03. The van der Waals surface area contributed by atoms with Gasteiger partial charge in [0.2, 0.25) is 0 Å². The van der Waals surface area contributed by atoms with Crippen molar-refractivity contribution in [3.05, 3.63) is 53.6 Å². The number of carbonyl (C=O) groups excluding carboxylic acids is 1. The molecule has 0 aliphatic heterocycles. The molecule has 2 aromatic carbocycles. The summed E-state index contributed by atoms with van der Waals surface area (Å²) in [6.07, 6.45) is 0. The van der Waals surface area contributed by atoms with E-state index in [9.17, 15) is 4.79 Å². The largest absolute Gasteiger partial charge is 0.468 e. The quantitative estimate of drug-likeness (QED) is 0.554. The Bertz CT molecular complexity index is 814. The van der Waals surface area contributed by atoms with Gasteiger partial charge in [0, 0.05) is 21.5 Å². The van der Waals surface area contributed by atoms with E-state index in [0.717, 1.165) is 27.1 Å². The Morgan fingerprint density at radius 2 is 2.00 bits per heavy atom. The summed E-state index contributed by atoms with van der Waals surface area (Å²) in [6.45, 7) is 0. The van der Waals surface area contributed by atoms with E-state index in [0.29, 0.717) is 5.02 Å². The van der Waals surface area contributed by atoms with Gasteiger partial charge in [-0.15, -0.1) is 0 Å². The molecular weight excluding hydrogens is 318 g/mol. The van der Waals surface area contributed by atoms with Crippen molar-refractivity contribution in [1.29, 1.82) is 0 Å². The van der Waals surface area contributed by atoms with Gasteiger partial charge in [0.25, 0.3) is 0 Å². The zero-order chi connectivity index (χ0) is 15.5. The van der Waals surface area contributed by atoms with Crippen molar-refractivity contribution < 1.29 is 9.53 Å². The van der Waals surface area contributed by atoms with Gasteiger partial charge in [-0.25, -0.2) is 0 Å². The summed E-state index contributed by atoms with van der Waals surface area (Å²) in [6, 6.07) is 15.8. The third-order valence-corrected chi connectivity index (χ3v) is 4.56. The number of carbonyl (C=O) groups is 1. The molecule has 0 saturated heterocycles. The third-order valence-electron chi connectivity index (χ3n) is 3.35. The molecule has 0 spiro atoms. The third kappa shape index (κ3) is 2.98. The van der Waals surface area contributed by atoms with Crippen LogP contribution in [0, 0.1) is 0 Å². The molecule has 3 rings (SSSR count). The van der Waals surface area contributed by atoms with Crippen LogP contribution in [0.4, 0.5) is 0 Å². The van der Waals surface area contributed by atoms with E-state index in [-0.39, 0.29) is 11.7 Å². The summed E-state index contributed by atoms with van der Waals surface area (Å²) in [5.74, 6) is 0.0114. The van der Waals surface area contributed by atoms with Gasteiger partial charge >= 0.3 is 5.97 Å². The molecule has 3 aromatic rings. The highest BCUT2D eigenvalue weighted by Crippen LogP contribution is 2.38. The lowest BCUT2D eigenvalue weighted by molar-refractivity contribution is -0.137. The predicted octanol–water partition coefficient (Wildman–Crippen LogP) is 4.75. The number of ether oxygens (including phenoxy) is 1. The molecule has 0 atom stereocenters. The van der Waals surface area contributed by atoms with Gasteiger partial charge in [-0.3, -0.25) is 4.79 Å². The molecule has 1 heterocycles. The first-order valence-electron chi connectivity index (χ1n) is 6.75. The number of nitrogens with one attached hydrogen (secondary N) is 1. The van der Waals surface area contributed by atoms with Gasteiger partial charge in [-0.05, 0) is 23.8 Å². The van der Waals surface area contributed by atoms with Crippen LogP contribution in [0.2, 0.25) is 5.02 Å². The molecule has 0 aliphatic rings. The minimum atomic E-state index is -0.249. The van der Waals surface area contributed by atoms with Crippen LogP contribution in [0.25, 0.3) is 22.0 Å². The summed E-state index contributed by atoms with van der Waals surface area (Å²) < 4.78 is 4.72. The van der Waals surface area contributed by atoms with Crippen molar-refractivity contribution in [2.24, 2.45) is 0 Å². The Morgan fingerprint density at radius 3 is 2.73 bits per heavy atom. The fourth-order valence-corrected chi connectivity index (χ4v) is 3.44. The average molecular weight is 332 g/mol. The van der Waals surface area contributed by atoms with Crippen LogP contribution < -0.4 is 0 Å². The van der Waals surface area contributed by atoms with Gasteiger partial charge < -0.3 is 9.72 Å². The maximum absolute atomic E-state index is 11.4. The predicted molar refractivity (Wildman–Crippen MR) is 91.5 cm³/mol. The second kappa shape index (κ2) is 6.46. The number of esters is 1. The van der Waals surface area contributed by atoms with Gasteiger partial charge in [0.15, 0.2) is 0 Å². The number of aromatic amines is 1. The normalized spacial score (nSPS) is 10.8. The highest BCUT2D eigenvalue weighted by Gasteiger charge is 2.15. The van der Waals surface area contributed by atoms with Crippen molar-refractivity contribution in [2.75, 3.05) is 12.9 Å². The van der Waals surface area contributed by atoms with Crippen molar-refractivity contribution in [1.82, 2.24) is 4.98 Å². The van der Waals surface area contributed by atoms with Crippen molar-refractivity contribution in [3.63, 3.8) is 0 Å². The highest BCUT2D eigenvalue weighted by molar-refractivity contribution is 8.00. The second-order valence-electron chi connectivity index (χ2n) is 4.75. The van der Waals surface area contributed by atoms with E-state index >= 15 is 0 Å². The van der Waals surface area contributed by atoms with E-state index < -0.39 is 0 Å². The Balaban J connectivity index is 2.12. The number of hydrogen-bond donors (Lipinski definition) is 1. The molecule has 1 N–H and O–H groups in total. The van der Waals surface area contributed by atoms with Crippen LogP contribution in [-0.4, -0.2) is 23.8 Å². The number of hydrogen-bond acceptors (Lipinski definition) is 3. The number of fused-ring (bicyclic) bond motifs is 1. The SMILES string of the molecule is COC(=O)CSc1[nH]c2ccc(Cl)cc2c1-c1ccccc1. The molecule has 0 amide bonds. The highest BCUT2D eigenvalue weighted by atomic mass is 35.5. The fourth-order valence-electron chi connectivity index (χ4n) is 2.33. The monoisotopic (exact) mass is 331 g/mol. The van der Waals surface area contributed by atoms with Crippen molar-refractivity contribution in [3.8, 4) is 11.1 Å². The van der Waals surface area contributed by atoms with Crippen molar-refractivity contribution >= 4 is 40.2 Å². The van der Waals surface area contributed by atoms with Crippen LogP contribution in [-0.2, 0) is 9.53 Å². The topological polar surface area (TPSA) is 42.1 Å². The smallest absolute Gasteiger partial charge is 0.316 e. The minimum Gasteiger partial charge on any atom is -0.468 e. The van der Waals surface area contributed by atoms with Crippen molar-refractivity contribution in [2.45, 2.75) is 5.03 Å². The lowest BCUT2D eigenvalue weighted by Gasteiger charge is -2.04. The summed E-state index contributed by atoms with van der Waals surface area (Å²) in [5.41, 5.74) is 3.14. The Hall–Kier alpha value is -1.91. The molecule has 22 heavy (non-hydrogen) atoms. The first-order chi connectivity index (χ1) is 10.7. The van der Waals surface area contributed by atoms with E-state index in [2.05, 4.69) is 4.98 Å². The molecule has 0 unspecified atom stereocenters. The van der Waals surface area contributed by atoms with Crippen LogP contribution in [0.3, 0.4) is 0 Å². The Morgan fingerprint density at radius 1 is 1.23 bits per heavy atom. The molecule has 112 valence electrons. The molecule has 5 heteroatoms. The zero-order valence-electron chi connectivity index (χ0n) is 11.9. The van der Waals surface area contributed by atoms with Crippen LogP contribution in [0.1, 0.15) is 0 Å². The Labute approximate surface area is 137 Å².